The molecule has 0 spiro atoms. The molecule has 1 N–H and O–H groups in total. The molecule has 0 bridgehead atoms. The van der Waals surface area contributed by atoms with Gasteiger partial charge in [-0.25, -0.2) is 4.68 Å². The molecule has 0 aliphatic rings. The van der Waals surface area contributed by atoms with Gasteiger partial charge in [0.15, 0.2) is 5.82 Å². The molecule has 41 heavy (non-hydrogen) atoms. The van der Waals surface area contributed by atoms with Gasteiger partial charge in [-0.1, -0.05) is 54.6 Å². The molecule has 206 valence electrons. The van der Waals surface area contributed by atoms with Crippen LogP contribution in [-0.4, -0.2) is 37.2 Å². The molecule has 9 heteroatoms. The highest BCUT2D eigenvalue weighted by Crippen LogP contribution is 2.30. The van der Waals surface area contributed by atoms with E-state index >= 15 is 0 Å². The minimum atomic E-state index is -0.581. The first-order valence-corrected chi connectivity index (χ1v) is 13.4. The fourth-order valence-electron chi connectivity index (χ4n) is 5.12. The monoisotopic (exact) mass is 546 g/mol. The summed E-state index contributed by atoms with van der Waals surface area (Å²) >= 11 is 0. The molecule has 0 aliphatic heterocycles. The normalized spacial score (nSPS) is 12.2. The molecule has 0 saturated heterocycles. The quantitative estimate of drug-likeness (QED) is 0.250. The molecular formula is C32H30N6O3. The second-order valence-electron chi connectivity index (χ2n) is 10.1. The molecule has 3 heterocycles. The van der Waals surface area contributed by atoms with Crippen LogP contribution in [0, 0.1) is 6.92 Å². The van der Waals surface area contributed by atoms with Crippen molar-refractivity contribution in [3.63, 3.8) is 0 Å². The second kappa shape index (κ2) is 11.6. The van der Waals surface area contributed by atoms with Crippen LogP contribution in [0.4, 0.5) is 0 Å². The summed E-state index contributed by atoms with van der Waals surface area (Å²) in [4.78, 5) is 19.1. The van der Waals surface area contributed by atoms with Gasteiger partial charge in [-0.15, -0.1) is 5.10 Å². The zero-order chi connectivity index (χ0) is 28.2. The molecule has 1 atom stereocenters. The molecule has 9 nitrogen and oxygen atoms in total. The standard InChI is InChI=1S/C32H30N6O3/c1-22-10-13-25-18-28(32(39)33-29(25)17-22)30(31-34-35-36-38(31)20-24-11-14-26(40-2)15-12-24)37(21-27-9-6-16-41-27)19-23-7-4-3-5-8-23/h3-18,30H,19-21H2,1-2H3,(H,33,39)/t30-/m0/s1. The number of rotatable bonds is 10. The van der Waals surface area contributed by atoms with E-state index in [0.717, 1.165) is 39.1 Å². The summed E-state index contributed by atoms with van der Waals surface area (Å²) in [6.07, 6.45) is 1.66. The third-order valence-corrected chi connectivity index (χ3v) is 7.15. The number of tetrazole rings is 1. The van der Waals surface area contributed by atoms with E-state index in [1.807, 2.05) is 85.8 Å². The highest BCUT2D eigenvalue weighted by Gasteiger charge is 2.31. The van der Waals surface area contributed by atoms with Crippen LogP contribution < -0.4 is 10.3 Å². The molecule has 3 aromatic heterocycles. The maximum Gasteiger partial charge on any atom is 0.253 e. The average molecular weight is 547 g/mol. The summed E-state index contributed by atoms with van der Waals surface area (Å²) in [5, 5.41) is 13.9. The number of nitrogens with zero attached hydrogens (tertiary/aromatic N) is 5. The Bertz CT molecular complexity index is 1790. The molecule has 0 fully saturated rings. The van der Waals surface area contributed by atoms with Crippen molar-refractivity contribution in [3.8, 4) is 5.75 Å². The van der Waals surface area contributed by atoms with Gasteiger partial charge in [0, 0.05) is 17.6 Å². The molecule has 0 aliphatic carbocycles. The number of methoxy groups -OCH3 is 1. The number of hydrogen-bond acceptors (Lipinski definition) is 7. The molecule has 0 unspecified atom stereocenters. The van der Waals surface area contributed by atoms with Gasteiger partial charge in [0.1, 0.15) is 17.6 Å². The number of aromatic amines is 1. The van der Waals surface area contributed by atoms with E-state index < -0.39 is 6.04 Å². The Hall–Kier alpha value is -5.02. The van der Waals surface area contributed by atoms with Gasteiger partial charge >= 0.3 is 0 Å². The summed E-state index contributed by atoms with van der Waals surface area (Å²) in [6.45, 7) is 3.40. The fraction of sp³-hybridized carbons (Fsp3) is 0.188. The molecule has 0 amide bonds. The van der Waals surface area contributed by atoms with E-state index in [4.69, 9.17) is 9.15 Å². The van der Waals surface area contributed by atoms with Gasteiger partial charge in [-0.2, -0.15) is 0 Å². The van der Waals surface area contributed by atoms with Crippen molar-refractivity contribution < 1.29 is 9.15 Å². The lowest BCUT2D eigenvalue weighted by Gasteiger charge is -2.30. The number of furan rings is 1. The third kappa shape index (κ3) is 5.80. The molecule has 0 radical (unpaired) electrons. The van der Waals surface area contributed by atoms with Crippen molar-refractivity contribution >= 4 is 10.9 Å². The van der Waals surface area contributed by atoms with Gasteiger partial charge in [0.25, 0.3) is 5.56 Å². The number of fused-ring (bicyclic) bond motifs is 1. The Morgan fingerprint density at radius 3 is 2.54 bits per heavy atom. The van der Waals surface area contributed by atoms with E-state index in [0.29, 0.717) is 31.0 Å². The Morgan fingerprint density at radius 1 is 0.951 bits per heavy atom. The molecular weight excluding hydrogens is 516 g/mol. The van der Waals surface area contributed by atoms with E-state index in [2.05, 4.69) is 37.5 Å². The first kappa shape index (κ1) is 26.2. The van der Waals surface area contributed by atoms with Gasteiger partial charge in [0.05, 0.1) is 26.5 Å². The Balaban J connectivity index is 1.50. The lowest BCUT2D eigenvalue weighted by atomic mass is 10.0. The van der Waals surface area contributed by atoms with Crippen LogP contribution in [-0.2, 0) is 19.6 Å². The first-order chi connectivity index (χ1) is 20.1. The van der Waals surface area contributed by atoms with E-state index in [1.54, 1.807) is 18.1 Å². The number of aryl methyl sites for hydroxylation is 1. The first-order valence-electron chi connectivity index (χ1n) is 13.4. The van der Waals surface area contributed by atoms with Crippen LogP contribution in [0.2, 0.25) is 0 Å². The topological polar surface area (TPSA) is 102 Å². The zero-order valence-electron chi connectivity index (χ0n) is 22.9. The number of benzene rings is 3. The van der Waals surface area contributed by atoms with E-state index in [-0.39, 0.29) is 5.56 Å². The van der Waals surface area contributed by atoms with Crippen molar-refractivity contribution in [1.29, 1.82) is 0 Å². The lowest BCUT2D eigenvalue weighted by Crippen LogP contribution is -2.34. The summed E-state index contributed by atoms with van der Waals surface area (Å²) in [5.74, 6) is 2.10. The van der Waals surface area contributed by atoms with Crippen LogP contribution >= 0.6 is 0 Å². The van der Waals surface area contributed by atoms with Crippen LogP contribution in [0.15, 0.2) is 106 Å². The summed E-state index contributed by atoms with van der Waals surface area (Å²) < 4.78 is 12.8. The SMILES string of the molecule is COc1ccc(Cn2nnnc2[C@H](c2cc3ccc(C)cc3[nH]c2=O)N(Cc2ccccc2)Cc2ccco2)cc1. The largest absolute Gasteiger partial charge is 0.497 e. The lowest BCUT2D eigenvalue weighted by molar-refractivity contribution is 0.179. The summed E-state index contributed by atoms with van der Waals surface area (Å²) in [7, 11) is 1.64. The van der Waals surface area contributed by atoms with Crippen molar-refractivity contribution in [2.45, 2.75) is 32.6 Å². The van der Waals surface area contributed by atoms with Gasteiger partial charge < -0.3 is 14.1 Å². The Morgan fingerprint density at radius 2 is 1.78 bits per heavy atom. The average Bonchev–Trinajstić information content (AvgIpc) is 3.67. The molecule has 3 aromatic carbocycles. The van der Waals surface area contributed by atoms with Crippen LogP contribution in [0.3, 0.4) is 0 Å². The minimum Gasteiger partial charge on any atom is -0.497 e. The van der Waals surface area contributed by atoms with Gasteiger partial charge in [-0.05, 0) is 75.8 Å². The van der Waals surface area contributed by atoms with Crippen molar-refractivity contribution in [1.82, 2.24) is 30.1 Å². The van der Waals surface area contributed by atoms with Crippen LogP contribution in [0.1, 0.15) is 39.9 Å². The van der Waals surface area contributed by atoms with Crippen molar-refractivity contribution in [3.05, 3.63) is 141 Å². The van der Waals surface area contributed by atoms with E-state index in [1.165, 1.54) is 0 Å². The number of ether oxygens (including phenoxy) is 1. The number of H-pyrrole nitrogens is 1. The number of hydrogen-bond donors (Lipinski definition) is 1. The van der Waals surface area contributed by atoms with E-state index in [9.17, 15) is 4.79 Å². The van der Waals surface area contributed by atoms with Crippen LogP contribution in [0.25, 0.3) is 10.9 Å². The van der Waals surface area contributed by atoms with Crippen molar-refractivity contribution in [2.75, 3.05) is 7.11 Å². The highest BCUT2D eigenvalue weighted by molar-refractivity contribution is 5.79. The number of pyridine rings is 1. The maximum absolute atomic E-state index is 13.8. The van der Waals surface area contributed by atoms with Gasteiger partial charge in [-0.3, -0.25) is 9.69 Å². The number of aromatic nitrogens is 5. The Labute approximate surface area is 237 Å². The Kier molecular flexibility index (Phi) is 7.42. The summed E-state index contributed by atoms with van der Waals surface area (Å²) in [5.41, 5.74) is 4.31. The maximum atomic E-state index is 13.8. The second-order valence-corrected chi connectivity index (χ2v) is 10.1. The number of nitrogens with one attached hydrogen (secondary N) is 1. The fourth-order valence-corrected chi connectivity index (χ4v) is 5.12. The molecule has 6 aromatic rings. The van der Waals surface area contributed by atoms with Gasteiger partial charge in [0.2, 0.25) is 0 Å². The molecule has 0 saturated carbocycles. The van der Waals surface area contributed by atoms with Crippen molar-refractivity contribution in [2.24, 2.45) is 0 Å². The predicted octanol–water partition coefficient (Wildman–Crippen LogP) is 5.26. The molecule has 6 rings (SSSR count). The predicted molar refractivity (Wildman–Crippen MR) is 155 cm³/mol. The smallest absolute Gasteiger partial charge is 0.253 e. The summed E-state index contributed by atoms with van der Waals surface area (Å²) in [6, 6.07) is 29.1. The van der Waals surface area contributed by atoms with Crippen LogP contribution in [0.5, 0.6) is 5.75 Å². The third-order valence-electron chi connectivity index (χ3n) is 7.15. The minimum absolute atomic E-state index is 0.190. The zero-order valence-corrected chi connectivity index (χ0v) is 22.9. The highest BCUT2D eigenvalue weighted by atomic mass is 16.5.